The van der Waals surface area contributed by atoms with E-state index in [0.29, 0.717) is 5.75 Å². The predicted octanol–water partition coefficient (Wildman–Crippen LogP) is 3.67. The van der Waals surface area contributed by atoms with Gasteiger partial charge in [-0.15, -0.1) is 0 Å². The molecule has 0 aliphatic carbocycles. The van der Waals surface area contributed by atoms with Crippen LogP contribution in [0.5, 0.6) is 11.6 Å². The second-order valence-corrected chi connectivity index (χ2v) is 5.34. The van der Waals surface area contributed by atoms with Gasteiger partial charge in [0, 0.05) is 17.6 Å². The number of primary amides is 1. The van der Waals surface area contributed by atoms with Crippen LogP contribution >= 0.6 is 0 Å². The summed E-state index contributed by atoms with van der Waals surface area (Å²) in [5.41, 5.74) is 7.35. The van der Waals surface area contributed by atoms with E-state index in [-0.39, 0.29) is 11.4 Å². The molecule has 25 heavy (non-hydrogen) atoms. The maximum absolute atomic E-state index is 11.6. The van der Waals surface area contributed by atoms with Crippen LogP contribution in [0.1, 0.15) is 23.0 Å². The first kappa shape index (κ1) is 16.4. The van der Waals surface area contributed by atoms with Gasteiger partial charge in [0.1, 0.15) is 17.1 Å². The van der Waals surface area contributed by atoms with Crippen LogP contribution in [0.3, 0.4) is 0 Å². The first-order chi connectivity index (χ1) is 12.2. The van der Waals surface area contributed by atoms with Gasteiger partial charge in [-0.3, -0.25) is 4.79 Å². The molecule has 1 amide bonds. The molecule has 0 fully saturated rings. The Morgan fingerprint density at radius 1 is 1.12 bits per heavy atom. The molecule has 0 aliphatic heterocycles. The van der Waals surface area contributed by atoms with Gasteiger partial charge in [-0.2, -0.15) is 0 Å². The van der Waals surface area contributed by atoms with Crippen LogP contribution in [0.2, 0.25) is 0 Å². The van der Waals surface area contributed by atoms with Crippen molar-refractivity contribution >= 4 is 17.4 Å². The molecule has 0 saturated carbocycles. The summed E-state index contributed by atoms with van der Waals surface area (Å²) in [6.07, 6.45) is 2.46. The Kier molecular flexibility index (Phi) is 4.89. The monoisotopic (exact) mass is 334 g/mol. The molecule has 0 saturated heterocycles. The maximum atomic E-state index is 11.6. The number of nitrogens with two attached hydrogens (primary N) is 1. The lowest BCUT2D eigenvalue weighted by molar-refractivity contribution is 0.0997. The van der Waals surface area contributed by atoms with Crippen molar-refractivity contribution in [1.29, 1.82) is 0 Å². The number of rotatable bonds is 6. The van der Waals surface area contributed by atoms with Crippen molar-refractivity contribution in [1.82, 2.24) is 9.97 Å². The molecule has 3 aromatic rings. The molecule has 126 valence electrons. The minimum absolute atomic E-state index is 0.220. The summed E-state index contributed by atoms with van der Waals surface area (Å²) in [5, 5.41) is 3.19. The molecule has 0 radical (unpaired) electrons. The largest absolute Gasteiger partial charge is 0.438 e. The summed E-state index contributed by atoms with van der Waals surface area (Å²) < 4.78 is 5.76. The Bertz CT molecular complexity index is 864. The van der Waals surface area contributed by atoms with Crippen molar-refractivity contribution < 1.29 is 9.53 Å². The number of benzene rings is 1. The van der Waals surface area contributed by atoms with Crippen LogP contribution in [0.15, 0.2) is 60.8 Å². The van der Waals surface area contributed by atoms with Gasteiger partial charge in [0.25, 0.3) is 5.91 Å². The number of ether oxygens (including phenoxy) is 1. The number of hydrogen-bond acceptors (Lipinski definition) is 5. The fourth-order valence-corrected chi connectivity index (χ4v) is 2.24. The SMILES string of the molecule is CCc1ccc(C(N)=O)c(Oc2ccc(Nc3ccccn3)cc2)n1. The molecule has 2 aromatic heterocycles. The highest BCUT2D eigenvalue weighted by Gasteiger charge is 2.13. The van der Waals surface area contributed by atoms with E-state index in [1.54, 1.807) is 30.5 Å². The predicted molar refractivity (Wildman–Crippen MR) is 96.2 cm³/mol. The lowest BCUT2D eigenvalue weighted by atomic mass is 10.2. The number of nitrogens with zero attached hydrogens (tertiary/aromatic N) is 2. The topological polar surface area (TPSA) is 90.1 Å². The first-order valence-corrected chi connectivity index (χ1v) is 7.91. The number of aryl methyl sites for hydroxylation is 1. The minimum atomic E-state index is -0.571. The summed E-state index contributed by atoms with van der Waals surface area (Å²) in [6, 6.07) is 16.3. The lowest BCUT2D eigenvalue weighted by Crippen LogP contribution is -2.13. The summed E-state index contributed by atoms with van der Waals surface area (Å²) in [5.74, 6) is 0.968. The molecule has 1 aromatic carbocycles. The second kappa shape index (κ2) is 7.44. The molecule has 0 unspecified atom stereocenters. The molecule has 0 aliphatic rings. The highest BCUT2D eigenvalue weighted by atomic mass is 16.5. The summed E-state index contributed by atoms with van der Waals surface area (Å²) >= 11 is 0. The number of aromatic nitrogens is 2. The van der Waals surface area contributed by atoms with E-state index in [1.807, 2.05) is 37.3 Å². The minimum Gasteiger partial charge on any atom is -0.438 e. The average molecular weight is 334 g/mol. The third-order valence-electron chi connectivity index (χ3n) is 3.55. The van der Waals surface area contributed by atoms with E-state index in [2.05, 4.69) is 15.3 Å². The number of anilines is 2. The Morgan fingerprint density at radius 2 is 1.92 bits per heavy atom. The fraction of sp³-hybridized carbons (Fsp3) is 0.105. The zero-order valence-electron chi connectivity index (χ0n) is 13.8. The van der Waals surface area contributed by atoms with Crippen molar-refractivity contribution in [3.63, 3.8) is 0 Å². The average Bonchev–Trinajstić information content (AvgIpc) is 2.64. The van der Waals surface area contributed by atoms with Crippen molar-refractivity contribution in [3.05, 3.63) is 72.1 Å². The molecule has 6 heteroatoms. The molecule has 3 N–H and O–H groups in total. The van der Waals surface area contributed by atoms with Crippen molar-refractivity contribution in [2.45, 2.75) is 13.3 Å². The van der Waals surface area contributed by atoms with Crippen LogP contribution in [-0.4, -0.2) is 15.9 Å². The standard InChI is InChI=1S/C19H18N4O2/c1-2-13-8-11-16(18(20)24)19(23-13)25-15-9-6-14(7-10-15)22-17-5-3-4-12-21-17/h3-12H,2H2,1H3,(H2,20,24)(H,21,22). The maximum Gasteiger partial charge on any atom is 0.254 e. The molecule has 0 bridgehead atoms. The van der Waals surface area contributed by atoms with E-state index < -0.39 is 5.91 Å². The third kappa shape index (κ3) is 4.11. The second-order valence-electron chi connectivity index (χ2n) is 5.34. The molecule has 0 atom stereocenters. The van der Waals surface area contributed by atoms with Gasteiger partial charge in [-0.05, 0) is 55.0 Å². The van der Waals surface area contributed by atoms with Crippen LogP contribution in [0.4, 0.5) is 11.5 Å². The molecular formula is C19H18N4O2. The fourth-order valence-electron chi connectivity index (χ4n) is 2.24. The van der Waals surface area contributed by atoms with Crippen LogP contribution in [-0.2, 0) is 6.42 Å². The van der Waals surface area contributed by atoms with Crippen LogP contribution in [0, 0.1) is 0 Å². The first-order valence-electron chi connectivity index (χ1n) is 7.91. The van der Waals surface area contributed by atoms with E-state index in [1.165, 1.54) is 0 Å². The highest BCUT2D eigenvalue weighted by molar-refractivity contribution is 5.95. The van der Waals surface area contributed by atoms with E-state index in [9.17, 15) is 4.79 Å². The van der Waals surface area contributed by atoms with Gasteiger partial charge in [0.2, 0.25) is 5.88 Å². The van der Waals surface area contributed by atoms with Crippen molar-refractivity contribution in [2.75, 3.05) is 5.32 Å². The highest BCUT2D eigenvalue weighted by Crippen LogP contribution is 2.26. The molecule has 2 heterocycles. The third-order valence-corrected chi connectivity index (χ3v) is 3.55. The zero-order chi connectivity index (χ0) is 17.6. The van der Waals surface area contributed by atoms with E-state index in [0.717, 1.165) is 23.6 Å². The quantitative estimate of drug-likeness (QED) is 0.718. The summed E-state index contributed by atoms with van der Waals surface area (Å²) in [6.45, 7) is 1.98. The normalized spacial score (nSPS) is 10.3. The van der Waals surface area contributed by atoms with E-state index in [4.69, 9.17) is 10.5 Å². The van der Waals surface area contributed by atoms with Crippen LogP contribution < -0.4 is 15.8 Å². The Balaban J connectivity index is 1.78. The summed E-state index contributed by atoms with van der Waals surface area (Å²) in [4.78, 5) is 20.1. The number of carbonyl (C=O) groups is 1. The summed E-state index contributed by atoms with van der Waals surface area (Å²) in [7, 11) is 0. The molecule has 3 rings (SSSR count). The van der Waals surface area contributed by atoms with Gasteiger partial charge < -0.3 is 15.8 Å². The Labute approximate surface area is 145 Å². The molecule has 6 nitrogen and oxygen atoms in total. The number of carbonyl (C=O) groups excluding carboxylic acids is 1. The number of amides is 1. The molecule has 0 spiro atoms. The van der Waals surface area contributed by atoms with Gasteiger partial charge in [-0.1, -0.05) is 13.0 Å². The number of pyridine rings is 2. The number of nitrogens with one attached hydrogen (secondary N) is 1. The van der Waals surface area contributed by atoms with Crippen molar-refractivity contribution in [3.8, 4) is 11.6 Å². The van der Waals surface area contributed by atoms with Gasteiger partial charge >= 0.3 is 0 Å². The smallest absolute Gasteiger partial charge is 0.254 e. The van der Waals surface area contributed by atoms with Gasteiger partial charge in [-0.25, -0.2) is 9.97 Å². The lowest BCUT2D eigenvalue weighted by Gasteiger charge is -2.10. The molecular weight excluding hydrogens is 316 g/mol. The van der Waals surface area contributed by atoms with Crippen LogP contribution in [0.25, 0.3) is 0 Å². The van der Waals surface area contributed by atoms with Crippen molar-refractivity contribution in [2.24, 2.45) is 5.73 Å². The van der Waals surface area contributed by atoms with Gasteiger partial charge in [0.15, 0.2) is 0 Å². The Hall–Kier alpha value is -3.41. The van der Waals surface area contributed by atoms with Gasteiger partial charge in [0.05, 0.1) is 0 Å². The zero-order valence-corrected chi connectivity index (χ0v) is 13.8. The Morgan fingerprint density at radius 3 is 2.56 bits per heavy atom. The number of hydrogen-bond donors (Lipinski definition) is 2. The van der Waals surface area contributed by atoms with E-state index >= 15 is 0 Å².